The molecule has 1 aromatic rings. The largest absolute Gasteiger partial charge is 0.484 e. The van der Waals surface area contributed by atoms with Gasteiger partial charge in [-0.2, -0.15) is 0 Å². The lowest BCUT2D eigenvalue weighted by molar-refractivity contribution is -0.386. The molecule has 0 aliphatic rings. The summed E-state index contributed by atoms with van der Waals surface area (Å²) in [6.45, 7) is 5.05. The van der Waals surface area contributed by atoms with Crippen molar-refractivity contribution in [3.8, 4) is 5.75 Å². The van der Waals surface area contributed by atoms with E-state index in [0.29, 0.717) is 5.56 Å². The van der Waals surface area contributed by atoms with E-state index in [4.69, 9.17) is 4.74 Å². The molecule has 5 nitrogen and oxygen atoms in total. The zero-order valence-electron chi connectivity index (χ0n) is 10.1. The summed E-state index contributed by atoms with van der Waals surface area (Å²) in [6.07, 6.45) is 0.0651. The molecule has 0 N–H and O–H groups in total. The van der Waals surface area contributed by atoms with Crippen LogP contribution in [-0.4, -0.2) is 16.8 Å². The van der Waals surface area contributed by atoms with Gasteiger partial charge in [0.1, 0.15) is 5.78 Å². The molecule has 0 saturated heterocycles. The maximum absolute atomic E-state index is 11.0. The number of hydrogen-bond donors (Lipinski definition) is 0. The first-order valence-corrected chi connectivity index (χ1v) is 5.33. The van der Waals surface area contributed by atoms with Gasteiger partial charge in [0.05, 0.1) is 11.0 Å². The first-order chi connectivity index (χ1) is 7.90. The van der Waals surface area contributed by atoms with Gasteiger partial charge in [0, 0.05) is 12.5 Å². The van der Waals surface area contributed by atoms with Crippen molar-refractivity contribution >= 4 is 11.5 Å². The fraction of sp³-hybridized carbons (Fsp3) is 0.417. The molecule has 0 bridgehead atoms. The van der Waals surface area contributed by atoms with Crippen LogP contribution >= 0.6 is 0 Å². The molecule has 0 unspecified atom stereocenters. The molecule has 0 atom stereocenters. The number of benzene rings is 1. The van der Waals surface area contributed by atoms with Crippen LogP contribution in [0.15, 0.2) is 18.2 Å². The predicted molar refractivity (Wildman–Crippen MR) is 63.2 cm³/mol. The number of hydrogen-bond acceptors (Lipinski definition) is 4. The van der Waals surface area contributed by atoms with Crippen LogP contribution in [0.25, 0.3) is 0 Å². The van der Waals surface area contributed by atoms with Gasteiger partial charge in [-0.3, -0.25) is 14.9 Å². The van der Waals surface area contributed by atoms with Crippen LogP contribution in [0, 0.1) is 10.1 Å². The quantitative estimate of drug-likeness (QED) is 0.582. The molecule has 1 aromatic carbocycles. The molecular formula is C12H15NO4. The van der Waals surface area contributed by atoms with Gasteiger partial charge in [-0.05, 0) is 32.4 Å². The minimum absolute atomic E-state index is 0.0307. The number of nitro benzene ring substituents is 1. The second kappa shape index (κ2) is 5.43. The molecule has 0 aromatic heterocycles. The van der Waals surface area contributed by atoms with Gasteiger partial charge in [0.25, 0.3) is 0 Å². The molecule has 0 fully saturated rings. The van der Waals surface area contributed by atoms with Crippen LogP contribution in [0.2, 0.25) is 0 Å². The monoisotopic (exact) mass is 237 g/mol. The molecule has 0 aliphatic carbocycles. The van der Waals surface area contributed by atoms with Crippen molar-refractivity contribution in [3.63, 3.8) is 0 Å². The van der Waals surface area contributed by atoms with Crippen LogP contribution in [-0.2, 0) is 11.2 Å². The van der Waals surface area contributed by atoms with Gasteiger partial charge in [-0.25, -0.2) is 0 Å². The van der Waals surface area contributed by atoms with E-state index in [2.05, 4.69) is 0 Å². The third-order valence-corrected chi connectivity index (χ3v) is 2.04. The lowest BCUT2D eigenvalue weighted by atomic mass is 10.1. The maximum Gasteiger partial charge on any atom is 0.311 e. The minimum Gasteiger partial charge on any atom is -0.484 e. The average molecular weight is 237 g/mol. The predicted octanol–water partition coefficient (Wildman–Crippen LogP) is 2.51. The van der Waals surface area contributed by atoms with Crippen LogP contribution in [0.5, 0.6) is 5.75 Å². The molecule has 0 radical (unpaired) electrons. The third-order valence-electron chi connectivity index (χ3n) is 2.04. The summed E-state index contributed by atoms with van der Waals surface area (Å²) < 4.78 is 5.34. The van der Waals surface area contributed by atoms with Crippen molar-refractivity contribution in [1.82, 2.24) is 0 Å². The topological polar surface area (TPSA) is 69.4 Å². The van der Waals surface area contributed by atoms with Gasteiger partial charge in [0.2, 0.25) is 0 Å². The first kappa shape index (κ1) is 13.2. The third kappa shape index (κ3) is 3.86. The Morgan fingerprint density at radius 2 is 2.12 bits per heavy atom. The Morgan fingerprint density at radius 3 is 2.59 bits per heavy atom. The molecule has 0 amide bonds. The molecule has 0 saturated carbocycles. The lowest BCUT2D eigenvalue weighted by Gasteiger charge is -2.10. The van der Waals surface area contributed by atoms with E-state index in [0.717, 1.165) is 0 Å². The van der Waals surface area contributed by atoms with E-state index in [9.17, 15) is 14.9 Å². The summed E-state index contributed by atoms with van der Waals surface area (Å²) in [5.74, 6) is 0.203. The molecule has 5 heteroatoms. The van der Waals surface area contributed by atoms with Gasteiger partial charge in [-0.1, -0.05) is 6.07 Å². The molecule has 17 heavy (non-hydrogen) atoms. The summed E-state index contributed by atoms with van der Waals surface area (Å²) in [5.41, 5.74) is 0.526. The number of ether oxygens (including phenoxy) is 1. The van der Waals surface area contributed by atoms with Gasteiger partial charge in [0.15, 0.2) is 5.75 Å². The summed E-state index contributed by atoms with van der Waals surface area (Å²) >= 11 is 0. The fourth-order valence-corrected chi connectivity index (χ4v) is 1.46. The molecule has 0 aliphatic heterocycles. The number of nitro groups is 1. The van der Waals surface area contributed by atoms with Crippen LogP contribution in [0.1, 0.15) is 26.3 Å². The van der Waals surface area contributed by atoms with E-state index in [1.54, 1.807) is 19.9 Å². The van der Waals surface area contributed by atoms with E-state index in [1.807, 2.05) is 0 Å². The summed E-state index contributed by atoms with van der Waals surface area (Å²) in [7, 11) is 0. The Morgan fingerprint density at radius 1 is 1.47 bits per heavy atom. The maximum atomic E-state index is 11.0. The molecular weight excluding hydrogens is 222 g/mol. The zero-order chi connectivity index (χ0) is 13.0. The van der Waals surface area contributed by atoms with Crippen LogP contribution in [0.4, 0.5) is 5.69 Å². The van der Waals surface area contributed by atoms with Crippen molar-refractivity contribution in [1.29, 1.82) is 0 Å². The lowest BCUT2D eigenvalue weighted by Crippen LogP contribution is -2.08. The Hall–Kier alpha value is -1.91. The first-order valence-electron chi connectivity index (χ1n) is 5.33. The molecule has 92 valence electrons. The van der Waals surface area contributed by atoms with Crippen LogP contribution in [0.3, 0.4) is 0 Å². The van der Waals surface area contributed by atoms with Crippen LogP contribution < -0.4 is 4.74 Å². The van der Waals surface area contributed by atoms with Crippen molar-refractivity contribution < 1.29 is 14.5 Å². The second-order valence-corrected chi connectivity index (χ2v) is 4.10. The minimum atomic E-state index is -0.499. The number of ketones is 1. The smallest absolute Gasteiger partial charge is 0.311 e. The average Bonchev–Trinajstić information content (AvgIpc) is 2.18. The van der Waals surface area contributed by atoms with E-state index < -0.39 is 4.92 Å². The summed E-state index contributed by atoms with van der Waals surface area (Å²) in [5, 5.41) is 10.9. The number of Topliss-reactive ketones (excluding diaryl/α,β-unsaturated/α-hetero) is 1. The van der Waals surface area contributed by atoms with Crippen molar-refractivity contribution in [3.05, 3.63) is 33.9 Å². The highest BCUT2D eigenvalue weighted by Crippen LogP contribution is 2.29. The number of nitrogens with zero attached hydrogens (tertiary/aromatic N) is 1. The van der Waals surface area contributed by atoms with E-state index >= 15 is 0 Å². The number of carbonyl (C=O) groups excluding carboxylic acids is 1. The number of rotatable bonds is 5. The van der Waals surface area contributed by atoms with Gasteiger partial charge in [-0.15, -0.1) is 0 Å². The molecule has 1 rings (SSSR count). The Kier molecular flexibility index (Phi) is 4.20. The Bertz CT molecular complexity index is 440. The second-order valence-electron chi connectivity index (χ2n) is 4.10. The van der Waals surface area contributed by atoms with Crippen molar-refractivity contribution in [2.75, 3.05) is 0 Å². The fourth-order valence-electron chi connectivity index (χ4n) is 1.46. The zero-order valence-corrected chi connectivity index (χ0v) is 10.1. The van der Waals surface area contributed by atoms with E-state index in [-0.39, 0.29) is 29.7 Å². The van der Waals surface area contributed by atoms with Crippen molar-refractivity contribution in [2.24, 2.45) is 0 Å². The molecule has 0 spiro atoms. The van der Waals surface area contributed by atoms with Gasteiger partial charge < -0.3 is 4.74 Å². The highest BCUT2D eigenvalue weighted by molar-refractivity contribution is 5.78. The standard InChI is InChI=1S/C12H15NO4/c1-8(2)17-12-5-4-10(6-9(3)14)7-11(12)13(15)16/h4-5,7-8H,6H2,1-3H3. The van der Waals surface area contributed by atoms with Gasteiger partial charge >= 0.3 is 5.69 Å². The van der Waals surface area contributed by atoms with E-state index in [1.165, 1.54) is 19.1 Å². The highest BCUT2D eigenvalue weighted by atomic mass is 16.6. The normalized spacial score (nSPS) is 10.4. The highest BCUT2D eigenvalue weighted by Gasteiger charge is 2.17. The molecule has 0 heterocycles. The Labute approximate surface area is 99.5 Å². The SMILES string of the molecule is CC(=O)Cc1ccc(OC(C)C)c([N+](=O)[O-])c1. The Balaban J connectivity index is 3.08. The number of carbonyl (C=O) groups is 1. The summed E-state index contributed by atoms with van der Waals surface area (Å²) in [4.78, 5) is 21.3. The summed E-state index contributed by atoms with van der Waals surface area (Å²) in [6, 6.07) is 4.60. The van der Waals surface area contributed by atoms with Crippen molar-refractivity contribution in [2.45, 2.75) is 33.3 Å².